The predicted molar refractivity (Wildman–Crippen MR) is 156 cm³/mol. The molecule has 6 aromatic heterocycles. The molecule has 8 aromatic rings. The van der Waals surface area contributed by atoms with E-state index in [9.17, 15) is 0 Å². The fourth-order valence-corrected chi connectivity index (χ4v) is 5.94. The molecule has 2 aromatic carbocycles. The van der Waals surface area contributed by atoms with Crippen molar-refractivity contribution in [2.24, 2.45) is 0 Å². The van der Waals surface area contributed by atoms with E-state index in [1.165, 1.54) is 0 Å². The Morgan fingerprint density at radius 1 is 0.605 bits per heavy atom. The molecule has 0 aliphatic rings. The molecule has 0 amide bonds. The molecule has 0 saturated carbocycles. The zero-order valence-corrected chi connectivity index (χ0v) is 21.5. The summed E-state index contributed by atoms with van der Waals surface area (Å²) in [7, 11) is 8.35. The molecule has 6 heterocycles. The summed E-state index contributed by atoms with van der Waals surface area (Å²) in [6.07, 6.45) is 11.8. The van der Waals surface area contributed by atoms with Gasteiger partial charge in [0.25, 0.3) is 0 Å². The van der Waals surface area contributed by atoms with Crippen molar-refractivity contribution in [2.45, 2.75) is 0 Å². The Kier molecular flexibility index (Phi) is 4.05. The number of anilines is 2. The molecule has 0 saturated heterocycles. The fraction of sp³-hybridized carbons (Fsp3) is 0.133. The quantitative estimate of drug-likeness (QED) is 0.227. The van der Waals surface area contributed by atoms with Gasteiger partial charge in [-0.05, 0) is 5.39 Å². The summed E-state index contributed by atoms with van der Waals surface area (Å²) >= 11 is 0. The maximum absolute atomic E-state index is 5.27. The molecule has 8 rings (SSSR count). The summed E-state index contributed by atoms with van der Waals surface area (Å²) < 4.78 is 4.10. The zero-order chi connectivity index (χ0) is 25.7. The van der Waals surface area contributed by atoms with E-state index in [2.05, 4.69) is 96.8 Å². The van der Waals surface area contributed by atoms with Gasteiger partial charge in [0.05, 0.1) is 33.4 Å². The lowest BCUT2D eigenvalue weighted by molar-refractivity contribution is 1.14. The zero-order valence-electron chi connectivity index (χ0n) is 21.5. The van der Waals surface area contributed by atoms with Gasteiger partial charge in [-0.3, -0.25) is 0 Å². The molecule has 0 aliphatic carbocycles. The molecule has 38 heavy (non-hydrogen) atoms. The second-order valence-corrected chi connectivity index (χ2v) is 10.3. The largest absolute Gasteiger partial charge is 0.377 e. The average molecular weight is 497 g/mol. The number of hydrogen-bond donors (Lipinski definition) is 0. The third-order valence-electron chi connectivity index (χ3n) is 7.53. The number of aromatic nitrogens is 6. The number of benzene rings is 2. The van der Waals surface area contributed by atoms with E-state index >= 15 is 0 Å². The molecule has 0 bridgehead atoms. The normalized spacial score (nSPS) is 12.2. The molecule has 8 heteroatoms. The van der Waals surface area contributed by atoms with Gasteiger partial charge in [-0.2, -0.15) is 0 Å². The highest BCUT2D eigenvalue weighted by molar-refractivity contribution is 6.25. The van der Waals surface area contributed by atoms with Crippen LogP contribution in [0.1, 0.15) is 0 Å². The lowest BCUT2D eigenvalue weighted by atomic mass is 9.98. The molecule has 0 atom stereocenters. The third-order valence-corrected chi connectivity index (χ3v) is 7.53. The average Bonchev–Trinajstić information content (AvgIpc) is 3.55. The van der Waals surface area contributed by atoms with Crippen molar-refractivity contribution in [3.05, 3.63) is 73.6 Å². The topological polar surface area (TPSA) is 66.9 Å². The molecule has 184 valence electrons. The van der Waals surface area contributed by atoms with Crippen LogP contribution in [0, 0.1) is 0 Å². The Balaban J connectivity index is 1.62. The number of fused-ring (bicyclic) bond motifs is 9. The van der Waals surface area contributed by atoms with Crippen LogP contribution in [0.25, 0.3) is 65.7 Å². The van der Waals surface area contributed by atoms with E-state index < -0.39 is 0 Å². The van der Waals surface area contributed by atoms with Gasteiger partial charge in [-0.15, -0.1) is 0 Å². The lowest BCUT2D eigenvalue weighted by Crippen LogP contribution is -2.11. The van der Waals surface area contributed by atoms with Gasteiger partial charge in [0.2, 0.25) is 0 Å². The highest BCUT2D eigenvalue weighted by Gasteiger charge is 2.19. The first-order valence-corrected chi connectivity index (χ1v) is 12.5. The highest BCUT2D eigenvalue weighted by Crippen LogP contribution is 2.41. The Morgan fingerprint density at radius 3 is 1.53 bits per heavy atom. The van der Waals surface area contributed by atoms with Gasteiger partial charge >= 0.3 is 0 Å². The lowest BCUT2D eigenvalue weighted by Gasteiger charge is -2.21. The summed E-state index contributed by atoms with van der Waals surface area (Å²) in [5.41, 5.74) is 7.73. The van der Waals surface area contributed by atoms with E-state index in [4.69, 9.17) is 9.97 Å². The molecular formula is C30H24N8. The van der Waals surface area contributed by atoms with Gasteiger partial charge in [-0.1, -0.05) is 24.3 Å². The minimum Gasteiger partial charge on any atom is -0.377 e. The van der Waals surface area contributed by atoms with Crippen LogP contribution in [0.2, 0.25) is 0 Å². The van der Waals surface area contributed by atoms with E-state index in [0.717, 1.165) is 77.1 Å². The molecule has 0 unspecified atom stereocenters. The third kappa shape index (κ3) is 2.74. The first-order chi connectivity index (χ1) is 18.5. The number of nitrogens with zero attached hydrogens (tertiary/aromatic N) is 8. The Bertz CT molecular complexity index is 2100. The van der Waals surface area contributed by atoms with Crippen LogP contribution in [0.4, 0.5) is 11.4 Å². The maximum Gasteiger partial charge on any atom is 0.138 e. The molecule has 0 aliphatic heterocycles. The molecule has 8 nitrogen and oxygen atoms in total. The minimum atomic E-state index is 0.877. The number of pyridine rings is 4. The van der Waals surface area contributed by atoms with Crippen molar-refractivity contribution < 1.29 is 0 Å². The highest BCUT2D eigenvalue weighted by atomic mass is 15.1. The first-order valence-electron chi connectivity index (χ1n) is 12.5. The van der Waals surface area contributed by atoms with Gasteiger partial charge in [-0.25, -0.2) is 19.9 Å². The standard InChI is InChI=1S/C30H24N8/c1-35(2)29-18-7-5-17-6-8-19-28(26(17)27(18)33-22-13-24-31-9-11-37(24)15-20(22)29)34-23-14-25-32-10-12-38(25)16-21(23)30(19)36(3)4/h5-16H,1-4H3. The second-order valence-electron chi connectivity index (χ2n) is 10.3. The summed E-state index contributed by atoms with van der Waals surface area (Å²) in [6, 6.07) is 12.9. The smallest absolute Gasteiger partial charge is 0.138 e. The Hall–Kier alpha value is -4.98. The Labute approximate surface area is 217 Å². The molecular weight excluding hydrogens is 472 g/mol. The van der Waals surface area contributed by atoms with E-state index in [1.807, 2.05) is 33.6 Å². The van der Waals surface area contributed by atoms with Gasteiger partial charge in [0, 0.05) is 104 Å². The Morgan fingerprint density at radius 2 is 1.08 bits per heavy atom. The van der Waals surface area contributed by atoms with Crippen LogP contribution in [-0.4, -0.2) is 56.9 Å². The molecule has 0 radical (unpaired) electrons. The molecule has 0 N–H and O–H groups in total. The van der Waals surface area contributed by atoms with Crippen LogP contribution >= 0.6 is 0 Å². The molecule has 0 fully saturated rings. The van der Waals surface area contributed by atoms with Crippen molar-refractivity contribution in [1.82, 2.24) is 28.7 Å². The summed E-state index contributed by atoms with van der Waals surface area (Å²) in [5, 5.41) is 6.53. The van der Waals surface area contributed by atoms with Crippen molar-refractivity contribution in [3.63, 3.8) is 0 Å². The maximum atomic E-state index is 5.27. The monoisotopic (exact) mass is 496 g/mol. The van der Waals surface area contributed by atoms with Crippen LogP contribution in [-0.2, 0) is 0 Å². The molecule has 0 spiro atoms. The number of imidazole rings is 2. The van der Waals surface area contributed by atoms with Crippen molar-refractivity contribution in [2.75, 3.05) is 38.0 Å². The van der Waals surface area contributed by atoms with E-state index in [0.29, 0.717) is 0 Å². The summed E-state index contributed by atoms with van der Waals surface area (Å²) in [5.74, 6) is 0. The first kappa shape index (κ1) is 21.1. The van der Waals surface area contributed by atoms with E-state index in [-0.39, 0.29) is 0 Å². The van der Waals surface area contributed by atoms with Crippen LogP contribution in [0.5, 0.6) is 0 Å². The van der Waals surface area contributed by atoms with Crippen molar-refractivity contribution >= 4 is 77.1 Å². The van der Waals surface area contributed by atoms with Gasteiger partial charge < -0.3 is 18.6 Å². The van der Waals surface area contributed by atoms with E-state index in [1.54, 1.807) is 0 Å². The SMILES string of the molecule is CN(C)c1c2cn3ccnc3cc2nc2c1ccc1ccc3c(N(C)C)c4cn5ccnc5cc4nc3c12. The van der Waals surface area contributed by atoms with Crippen molar-refractivity contribution in [1.29, 1.82) is 0 Å². The van der Waals surface area contributed by atoms with Crippen molar-refractivity contribution in [3.8, 4) is 0 Å². The predicted octanol–water partition coefficient (Wildman–Crippen LogP) is 5.67. The summed E-state index contributed by atoms with van der Waals surface area (Å²) in [4.78, 5) is 23.9. The fourth-order valence-electron chi connectivity index (χ4n) is 5.94. The van der Waals surface area contributed by atoms with Gasteiger partial charge in [0.15, 0.2) is 0 Å². The number of rotatable bonds is 2. The van der Waals surface area contributed by atoms with Crippen LogP contribution in [0.15, 0.2) is 73.6 Å². The van der Waals surface area contributed by atoms with Gasteiger partial charge in [0.1, 0.15) is 11.3 Å². The number of hydrogen-bond acceptors (Lipinski definition) is 6. The van der Waals surface area contributed by atoms with Crippen LogP contribution in [0.3, 0.4) is 0 Å². The second kappa shape index (κ2) is 7.29. The minimum absolute atomic E-state index is 0.877. The summed E-state index contributed by atoms with van der Waals surface area (Å²) in [6.45, 7) is 0. The van der Waals surface area contributed by atoms with Crippen LogP contribution < -0.4 is 9.80 Å².